The standard InChI is InChI=1S/C11H16BrNO3/c1-2-13-9(7-10-14-5-6-15-10)11-8(12)3-4-16-11/h3-4,9-10,13H,2,5-7H2,1H3. The topological polar surface area (TPSA) is 43.6 Å². The molecule has 0 spiro atoms. The number of ether oxygens (including phenoxy) is 2. The predicted octanol–water partition coefficient (Wildman–Crippen LogP) is 2.46. The molecule has 16 heavy (non-hydrogen) atoms. The number of furan rings is 1. The Hall–Kier alpha value is -0.360. The Kier molecular flexibility index (Phi) is 4.40. The molecule has 2 heterocycles. The third-order valence-electron chi connectivity index (χ3n) is 2.53. The molecule has 0 aliphatic carbocycles. The fraction of sp³-hybridized carbons (Fsp3) is 0.636. The quantitative estimate of drug-likeness (QED) is 0.904. The maximum Gasteiger partial charge on any atom is 0.159 e. The molecule has 0 amide bonds. The molecule has 4 nitrogen and oxygen atoms in total. The number of hydrogen-bond acceptors (Lipinski definition) is 4. The van der Waals surface area contributed by atoms with Crippen molar-refractivity contribution in [3.05, 3.63) is 22.6 Å². The number of hydrogen-bond donors (Lipinski definition) is 1. The van der Waals surface area contributed by atoms with Crippen molar-refractivity contribution in [1.82, 2.24) is 5.32 Å². The van der Waals surface area contributed by atoms with Crippen LogP contribution in [-0.2, 0) is 9.47 Å². The Balaban J connectivity index is 2.01. The average Bonchev–Trinajstić information content (AvgIpc) is 2.88. The zero-order valence-electron chi connectivity index (χ0n) is 9.24. The first-order valence-corrected chi connectivity index (χ1v) is 6.30. The van der Waals surface area contributed by atoms with Crippen molar-refractivity contribution in [3.8, 4) is 0 Å². The maximum atomic E-state index is 5.47. The Morgan fingerprint density at radius 3 is 2.81 bits per heavy atom. The van der Waals surface area contributed by atoms with Gasteiger partial charge in [0.25, 0.3) is 0 Å². The van der Waals surface area contributed by atoms with Crippen LogP contribution in [0.2, 0.25) is 0 Å². The maximum absolute atomic E-state index is 5.47. The van der Waals surface area contributed by atoms with Crippen molar-refractivity contribution in [2.45, 2.75) is 25.7 Å². The molecule has 1 aliphatic rings. The molecule has 1 saturated heterocycles. The monoisotopic (exact) mass is 289 g/mol. The zero-order chi connectivity index (χ0) is 11.4. The summed E-state index contributed by atoms with van der Waals surface area (Å²) in [5, 5.41) is 3.37. The largest absolute Gasteiger partial charge is 0.466 e. The van der Waals surface area contributed by atoms with Gasteiger partial charge in [-0.15, -0.1) is 0 Å². The SMILES string of the molecule is CCNC(CC1OCCO1)c1occc1Br. The van der Waals surface area contributed by atoms with Gasteiger partial charge in [0.1, 0.15) is 5.76 Å². The summed E-state index contributed by atoms with van der Waals surface area (Å²) in [6, 6.07) is 2.02. The third kappa shape index (κ3) is 2.85. The van der Waals surface area contributed by atoms with E-state index in [2.05, 4.69) is 28.2 Å². The van der Waals surface area contributed by atoms with Gasteiger partial charge in [0, 0.05) is 6.42 Å². The summed E-state index contributed by atoms with van der Waals surface area (Å²) >= 11 is 3.47. The normalized spacial score (nSPS) is 19.1. The summed E-state index contributed by atoms with van der Waals surface area (Å²) in [5.74, 6) is 0.904. The zero-order valence-corrected chi connectivity index (χ0v) is 10.8. The molecule has 0 aromatic carbocycles. The van der Waals surface area contributed by atoms with Gasteiger partial charge in [-0.3, -0.25) is 0 Å². The van der Waals surface area contributed by atoms with Crippen molar-refractivity contribution < 1.29 is 13.9 Å². The molecule has 0 saturated carbocycles. The van der Waals surface area contributed by atoms with Crippen LogP contribution in [0, 0.1) is 0 Å². The second-order valence-corrected chi connectivity index (χ2v) is 4.50. The van der Waals surface area contributed by atoms with Crippen molar-refractivity contribution in [3.63, 3.8) is 0 Å². The number of rotatable bonds is 5. The molecule has 1 aliphatic heterocycles. The summed E-state index contributed by atoms with van der Waals surface area (Å²) in [4.78, 5) is 0. The van der Waals surface area contributed by atoms with Crippen LogP contribution in [0.25, 0.3) is 0 Å². The van der Waals surface area contributed by atoms with Gasteiger partial charge in [0.15, 0.2) is 6.29 Å². The van der Waals surface area contributed by atoms with E-state index in [4.69, 9.17) is 13.9 Å². The predicted molar refractivity (Wildman–Crippen MR) is 63.1 cm³/mol. The molecular formula is C11H16BrNO3. The molecule has 0 radical (unpaired) electrons. The lowest BCUT2D eigenvalue weighted by Crippen LogP contribution is -2.25. The molecule has 1 N–H and O–H groups in total. The van der Waals surface area contributed by atoms with Gasteiger partial charge in [0.2, 0.25) is 0 Å². The van der Waals surface area contributed by atoms with Gasteiger partial charge in [-0.1, -0.05) is 6.92 Å². The van der Waals surface area contributed by atoms with E-state index in [0.717, 1.165) is 23.2 Å². The third-order valence-corrected chi connectivity index (χ3v) is 3.19. The van der Waals surface area contributed by atoms with Gasteiger partial charge in [-0.25, -0.2) is 0 Å². The molecule has 1 fully saturated rings. The molecule has 5 heteroatoms. The van der Waals surface area contributed by atoms with Gasteiger partial charge >= 0.3 is 0 Å². The van der Waals surface area contributed by atoms with Crippen LogP contribution >= 0.6 is 15.9 Å². The molecule has 2 rings (SSSR count). The molecule has 1 unspecified atom stereocenters. The lowest BCUT2D eigenvalue weighted by molar-refractivity contribution is -0.0541. The van der Waals surface area contributed by atoms with Crippen LogP contribution in [0.1, 0.15) is 25.1 Å². The minimum absolute atomic E-state index is 0.123. The van der Waals surface area contributed by atoms with Crippen molar-refractivity contribution in [1.29, 1.82) is 0 Å². The van der Waals surface area contributed by atoms with E-state index in [0.29, 0.717) is 13.2 Å². The smallest absolute Gasteiger partial charge is 0.159 e. The summed E-state index contributed by atoms with van der Waals surface area (Å²) in [5.41, 5.74) is 0. The Morgan fingerprint density at radius 1 is 1.50 bits per heavy atom. The first-order valence-electron chi connectivity index (χ1n) is 5.50. The first-order chi connectivity index (χ1) is 7.81. The molecule has 0 bridgehead atoms. The summed E-state index contributed by atoms with van der Waals surface area (Å²) in [6.07, 6.45) is 2.32. The van der Waals surface area contributed by atoms with E-state index in [1.54, 1.807) is 6.26 Å². The highest BCUT2D eigenvalue weighted by Gasteiger charge is 2.25. The Morgan fingerprint density at radius 2 is 2.25 bits per heavy atom. The van der Waals surface area contributed by atoms with E-state index < -0.39 is 0 Å². The van der Waals surface area contributed by atoms with E-state index in [1.165, 1.54) is 0 Å². The average molecular weight is 290 g/mol. The fourth-order valence-electron chi connectivity index (χ4n) is 1.82. The van der Waals surface area contributed by atoms with Crippen molar-refractivity contribution in [2.24, 2.45) is 0 Å². The van der Waals surface area contributed by atoms with Crippen LogP contribution in [0.5, 0.6) is 0 Å². The van der Waals surface area contributed by atoms with Crippen LogP contribution in [0.3, 0.4) is 0 Å². The highest BCUT2D eigenvalue weighted by atomic mass is 79.9. The summed E-state index contributed by atoms with van der Waals surface area (Å²) in [6.45, 7) is 4.32. The van der Waals surface area contributed by atoms with Crippen molar-refractivity contribution in [2.75, 3.05) is 19.8 Å². The van der Waals surface area contributed by atoms with Gasteiger partial charge < -0.3 is 19.2 Å². The van der Waals surface area contributed by atoms with E-state index in [-0.39, 0.29) is 12.3 Å². The fourth-order valence-corrected chi connectivity index (χ4v) is 2.30. The lowest BCUT2D eigenvalue weighted by atomic mass is 10.1. The molecule has 1 aromatic rings. The molecule has 1 aromatic heterocycles. The minimum atomic E-state index is -0.124. The van der Waals surface area contributed by atoms with E-state index in [9.17, 15) is 0 Å². The van der Waals surface area contributed by atoms with E-state index >= 15 is 0 Å². The van der Waals surface area contributed by atoms with Crippen LogP contribution in [0.15, 0.2) is 21.2 Å². The molecular weight excluding hydrogens is 274 g/mol. The van der Waals surface area contributed by atoms with Crippen LogP contribution < -0.4 is 5.32 Å². The number of nitrogens with one attached hydrogen (secondary N) is 1. The second-order valence-electron chi connectivity index (χ2n) is 3.65. The van der Waals surface area contributed by atoms with Gasteiger partial charge in [-0.05, 0) is 28.5 Å². The van der Waals surface area contributed by atoms with Crippen LogP contribution in [-0.4, -0.2) is 26.0 Å². The first kappa shape index (κ1) is 12.1. The summed E-state index contributed by atoms with van der Waals surface area (Å²) in [7, 11) is 0. The highest BCUT2D eigenvalue weighted by molar-refractivity contribution is 9.10. The molecule has 1 atom stereocenters. The van der Waals surface area contributed by atoms with Gasteiger partial charge in [-0.2, -0.15) is 0 Å². The van der Waals surface area contributed by atoms with Crippen molar-refractivity contribution >= 4 is 15.9 Å². The second kappa shape index (κ2) is 5.82. The highest BCUT2D eigenvalue weighted by Crippen LogP contribution is 2.29. The molecule has 90 valence electrons. The number of halogens is 1. The Labute approximate surface area is 103 Å². The lowest BCUT2D eigenvalue weighted by Gasteiger charge is -2.19. The van der Waals surface area contributed by atoms with E-state index in [1.807, 2.05) is 6.07 Å². The van der Waals surface area contributed by atoms with Crippen LogP contribution in [0.4, 0.5) is 0 Å². The minimum Gasteiger partial charge on any atom is -0.466 e. The summed E-state index contributed by atoms with van der Waals surface area (Å²) < 4.78 is 17.3. The Bertz CT molecular complexity index is 323. The van der Waals surface area contributed by atoms with Gasteiger partial charge in [0.05, 0.1) is 30.0 Å².